The molecule has 35 heavy (non-hydrogen) atoms. The number of nitrogens with one attached hydrogen (secondary N) is 1. The Bertz CT molecular complexity index is 1120. The van der Waals surface area contributed by atoms with Gasteiger partial charge in [-0.2, -0.15) is 0 Å². The van der Waals surface area contributed by atoms with E-state index in [9.17, 15) is 18.0 Å². The van der Waals surface area contributed by atoms with E-state index in [0.29, 0.717) is 18.5 Å². The Morgan fingerprint density at radius 3 is 2.09 bits per heavy atom. The number of aryl methyl sites for hydroxylation is 2. The summed E-state index contributed by atoms with van der Waals surface area (Å²) in [5.74, 6) is -0.653. The maximum atomic E-state index is 13.8. The molecule has 1 N–H and O–H groups in total. The lowest BCUT2D eigenvalue weighted by molar-refractivity contribution is -0.140. The molecule has 2 aromatic rings. The molecule has 0 spiro atoms. The Hall–Kier alpha value is -2.87. The van der Waals surface area contributed by atoms with Crippen LogP contribution in [0.4, 0.5) is 5.69 Å². The summed E-state index contributed by atoms with van der Waals surface area (Å²) in [6.45, 7) is 9.50. The fraction of sp³-hybridized carbons (Fsp3) is 0.481. The second kappa shape index (κ2) is 12.7. The highest BCUT2D eigenvalue weighted by molar-refractivity contribution is 7.92. The topological polar surface area (TPSA) is 86.8 Å². The van der Waals surface area contributed by atoms with Crippen LogP contribution in [0.1, 0.15) is 57.2 Å². The largest absolute Gasteiger partial charge is 0.352 e. The lowest BCUT2D eigenvalue weighted by Crippen LogP contribution is -2.53. The molecule has 0 aromatic heterocycles. The molecule has 0 aliphatic heterocycles. The maximum absolute atomic E-state index is 13.8. The Morgan fingerprint density at radius 1 is 0.943 bits per heavy atom. The van der Waals surface area contributed by atoms with E-state index in [-0.39, 0.29) is 25.0 Å². The Morgan fingerprint density at radius 2 is 1.54 bits per heavy atom. The highest BCUT2D eigenvalue weighted by Crippen LogP contribution is 2.24. The Labute approximate surface area is 210 Å². The molecule has 2 amide bonds. The average molecular weight is 502 g/mol. The first-order chi connectivity index (χ1) is 16.5. The molecule has 0 aliphatic rings. The minimum absolute atomic E-state index is 0.0316. The van der Waals surface area contributed by atoms with Gasteiger partial charge in [0, 0.05) is 12.6 Å². The monoisotopic (exact) mass is 501 g/mol. The van der Waals surface area contributed by atoms with Crippen molar-refractivity contribution in [1.82, 2.24) is 10.2 Å². The van der Waals surface area contributed by atoms with Crippen LogP contribution in [0.25, 0.3) is 0 Å². The summed E-state index contributed by atoms with van der Waals surface area (Å²) in [6, 6.07) is 14.1. The smallest absolute Gasteiger partial charge is 0.244 e. The van der Waals surface area contributed by atoms with E-state index in [2.05, 4.69) is 5.32 Å². The van der Waals surface area contributed by atoms with Crippen molar-refractivity contribution in [3.63, 3.8) is 0 Å². The number of benzene rings is 2. The summed E-state index contributed by atoms with van der Waals surface area (Å²) >= 11 is 0. The number of carbonyl (C=O) groups is 2. The van der Waals surface area contributed by atoms with Crippen LogP contribution in [0.15, 0.2) is 48.5 Å². The van der Waals surface area contributed by atoms with Crippen LogP contribution in [-0.4, -0.2) is 50.0 Å². The Balaban J connectivity index is 2.49. The predicted octanol–water partition coefficient (Wildman–Crippen LogP) is 4.05. The van der Waals surface area contributed by atoms with Crippen molar-refractivity contribution in [3.05, 3.63) is 65.2 Å². The molecule has 192 valence electrons. The van der Waals surface area contributed by atoms with Gasteiger partial charge in [-0.25, -0.2) is 8.42 Å². The van der Waals surface area contributed by atoms with Crippen molar-refractivity contribution < 1.29 is 18.0 Å². The van der Waals surface area contributed by atoms with Crippen molar-refractivity contribution in [1.29, 1.82) is 0 Å². The molecular weight excluding hydrogens is 462 g/mol. The average Bonchev–Trinajstić information content (AvgIpc) is 2.82. The molecule has 0 bridgehead atoms. The van der Waals surface area contributed by atoms with Crippen molar-refractivity contribution in [2.75, 3.05) is 17.1 Å². The zero-order valence-electron chi connectivity index (χ0n) is 21.7. The van der Waals surface area contributed by atoms with Crippen LogP contribution in [-0.2, 0) is 32.6 Å². The van der Waals surface area contributed by atoms with Gasteiger partial charge in [-0.3, -0.25) is 13.9 Å². The molecule has 0 aliphatic carbocycles. The van der Waals surface area contributed by atoms with E-state index in [1.807, 2.05) is 71.0 Å². The molecule has 0 heterocycles. The summed E-state index contributed by atoms with van der Waals surface area (Å²) in [6.07, 6.45) is 2.90. The molecule has 0 saturated heterocycles. The van der Waals surface area contributed by atoms with Crippen molar-refractivity contribution in [2.24, 2.45) is 0 Å². The minimum Gasteiger partial charge on any atom is -0.352 e. The summed E-state index contributed by atoms with van der Waals surface area (Å²) in [5.41, 5.74) is 3.23. The first-order valence-electron chi connectivity index (χ1n) is 12.2. The Kier molecular flexibility index (Phi) is 10.3. The van der Waals surface area contributed by atoms with E-state index in [4.69, 9.17) is 0 Å². The second-order valence-electron chi connectivity index (χ2n) is 8.94. The van der Waals surface area contributed by atoms with E-state index in [1.54, 1.807) is 12.1 Å². The molecule has 2 aromatic carbocycles. The highest BCUT2D eigenvalue weighted by Gasteiger charge is 2.32. The number of anilines is 1. The quantitative estimate of drug-likeness (QED) is 0.475. The number of para-hydroxylation sites is 1. The zero-order chi connectivity index (χ0) is 26.2. The van der Waals surface area contributed by atoms with Gasteiger partial charge in [0.1, 0.15) is 12.6 Å². The molecule has 0 radical (unpaired) electrons. The van der Waals surface area contributed by atoms with Crippen LogP contribution in [0.3, 0.4) is 0 Å². The van der Waals surface area contributed by atoms with Crippen molar-refractivity contribution >= 4 is 27.5 Å². The summed E-state index contributed by atoms with van der Waals surface area (Å²) in [7, 11) is -3.75. The molecule has 7 nitrogen and oxygen atoms in total. The number of hydrogen-bond donors (Lipinski definition) is 1. The molecule has 8 heteroatoms. The number of rotatable bonds is 12. The van der Waals surface area contributed by atoms with E-state index in [0.717, 1.165) is 33.7 Å². The minimum atomic E-state index is -3.75. The van der Waals surface area contributed by atoms with Gasteiger partial charge in [0.15, 0.2) is 0 Å². The SMILES string of the molecule is CCc1ccccc1N(CC(=O)N(Cc1ccccc1C)[C@H](CC)C(=O)N[C@@H](C)CC)S(C)(=O)=O. The summed E-state index contributed by atoms with van der Waals surface area (Å²) < 4.78 is 26.8. The molecular formula is C27H39N3O4S. The number of carbonyl (C=O) groups excluding carboxylic acids is 2. The highest BCUT2D eigenvalue weighted by atomic mass is 32.2. The third-order valence-electron chi connectivity index (χ3n) is 6.31. The summed E-state index contributed by atoms with van der Waals surface area (Å²) in [4.78, 5) is 28.5. The third-order valence-corrected chi connectivity index (χ3v) is 7.44. The second-order valence-corrected chi connectivity index (χ2v) is 10.8. The van der Waals surface area contributed by atoms with Crippen LogP contribution >= 0.6 is 0 Å². The van der Waals surface area contributed by atoms with Crippen molar-refractivity contribution in [3.8, 4) is 0 Å². The fourth-order valence-corrected chi connectivity index (χ4v) is 4.86. The number of sulfonamides is 1. The van der Waals surface area contributed by atoms with Gasteiger partial charge in [-0.1, -0.05) is 63.2 Å². The maximum Gasteiger partial charge on any atom is 0.244 e. The fourth-order valence-electron chi connectivity index (χ4n) is 3.98. The molecule has 0 fully saturated rings. The normalized spacial score (nSPS) is 13.1. The predicted molar refractivity (Wildman–Crippen MR) is 142 cm³/mol. The van der Waals surface area contributed by atoms with Crippen LogP contribution in [0.2, 0.25) is 0 Å². The molecule has 2 atom stereocenters. The van der Waals surface area contributed by atoms with E-state index >= 15 is 0 Å². The standard InChI is InChI=1S/C27H39N3O4S/c1-7-21(5)28-27(32)24(9-3)29(18-23-16-11-10-14-20(23)4)26(31)19-30(35(6,33)34)25-17-13-12-15-22(25)8-2/h10-17,21,24H,7-9,18-19H2,1-6H3,(H,28,32)/t21-,24+/m0/s1. The van der Waals surface area contributed by atoms with Gasteiger partial charge in [0.05, 0.1) is 11.9 Å². The van der Waals surface area contributed by atoms with Crippen LogP contribution in [0.5, 0.6) is 0 Å². The van der Waals surface area contributed by atoms with Gasteiger partial charge >= 0.3 is 0 Å². The van der Waals surface area contributed by atoms with Gasteiger partial charge < -0.3 is 10.2 Å². The van der Waals surface area contributed by atoms with Crippen LogP contribution < -0.4 is 9.62 Å². The number of nitrogens with zero attached hydrogens (tertiary/aromatic N) is 2. The van der Waals surface area contributed by atoms with Gasteiger partial charge in [0.25, 0.3) is 0 Å². The molecule has 0 unspecified atom stereocenters. The van der Waals surface area contributed by atoms with Gasteiger partial charge in [-0.15, -0.1) is 0 Å². The van der Waals surface area contributed by atoms with Crippen LogP contribution in [0, 0.1) is 6.92 Å². The number of hydrogen-bond acceptors (Lipinski definition) is 4. The lowest BCUT2D eigenvalue weighted by Gasteiger charge is -2.34. The first-order valence-corrected chi connectivity index (χ1v) is 14.1. The number of amides is 2. The van der Waals surface area contributed by atoms with Crippen molar-refractivity contribution in [2.45, 2.75) is 72.5 Å². The third kappa shape index (κ3) is 7.56. The van der Waals surface area contributed by atoms with Gasteiger partial charge in [-0.05, 0) is 55.9 Å². The lowest BCUT2D eigenvalue weighted by atomic mass is 10.1. The molecule has 0 saturated carbocycles. The zero-order valence-corrected chi connectivity index (χ0v) is 22.6. The first kappa shape index (κ1) is 28.4. The summed E-state index contributed by atoms with van der Waals surface area (Å²) in [5, 5.41) is 2.99. The van der Waals surface area contributed by atoms with Gasteiger partial charge in [0.2, 0.25) is 21.8 Å². The van der Waals surface area contributed by atoms with E-state index in [1.165, 1.54) is 4.90 Å². The van der Waals surface area contributed by atoms with E-state index < -0.39 is 22.0 Å². The molecule has 2 rings (SSSR count).